The zero-order valence-corrected chi connectivity index (χ0v) is 8.84. The smallest absolute Gasteiger partial charge is 0.232 e. The second-order valence-corrected chi connectivity index (χ2v) is 3.50. The number of carbonyl (C=O) groups excluding carboxylic acids is 1. The van der Waals surface area contributed by atoms with Crippen LogP contribution in [0.4, 0.5) is 0 Å². The number of nitrogens with zero attached hydrogens (tertiary/aromatic N) is 2. The Hall–Kier alpha value is -0.910. The molecule has 13 heavy (non-hydrogen) atoms. The van der Waals surface area contributed by atoms with Crippen LogP contribution in [0.2, 0.25) is 0 Å². The first kappa shape index (κ1) is 12.1. The summed E-state index contributed by atoms with van der Waals surface area (Å²) < 4.78 is 0. The van der Waals surface area contributed by atoms with Crippen LogP contribution in [-0.4, -0.2) is 46.9 Å². The van der Waals surface area contributed by atoms with Crippen molar-refractivity contribution in [3.8, 4) is 0 Å². The molecule has 0 aromatic rings. The summed E-state index contributed by atoms with van der Waals surface area (Å²) in [6.07, 6.45) is 1.85. The zero-order chi connectivity index (χ0) is 10.4. The van der Waals surface area contributed by atoms with Gasteiger partial charge in [0.15, 0.2) is 5.84 Å². The van der Waals surface area contributed by atoms with Gasteiger partial charge in [0.25, 0.3) is 0 Å². The van der Waals surface area contributed by atoms with Crippen molar-refractivity contribution in [2.75, 3.05) is 19.1 Å². The standard InChI is InChI=1S/C7H15N3O2S/c1-5(7(8)9-12)10(2)6(11)4-13-3/h5,12H,4H2,1-3H3,(H2,8,9). The Balaban J connectivity index is 4.24. The third-order valence-electron chi connectivity index (χ3n) is 1.79. The largest absolute Gasteiger partial charge is 0.409 e. The number of thioether (sulfide) groups is 1. The van der Waals surface area contributed by atoms with E-state index in [9.17, 15) is 4.79 Å². The van der Waals surface area contributed by atoms with Gasteiger partial charge in [0.2, 0.25) is 5.91 Å². The van der Waals surface area contributed by atoms with Crippen LogP contribution in [0.3, 0.4) is 0 Å². The summed E-state index contributed by atoms with van der Waals surface area (Å²) in [7, 11) is 1.63. The van der Waals surface area contributed by atoms with Gasteiger partial charge < -0.3 is 15.8 Å². The highest BCUT2D eigenvalue weighted by atomic mass is 32.2. The van der Waals surface area contributed by atoms with Crippen LogP contribution in [-0.2, 0) is 4.79 Å². The molecule has 0 heterocycles. The first-order chi connectivity index (χ1) is 6.04. The van der Waals surface area contributed by atoms with E-state index in [1.54, 1.807) is 14.0 Å². The lowest BCUT2D eigenvalue weighted by Crippen LogP contribution is -2.44. The van der Waals surface area contributed by atoms with Crippen molar-refractivity contribution in [1.29, 1.82) is 0 Å². The van der Waals surface area contributed by atoms with Crippen LogP contribution in [0.15, 0.2) is 5.16 Å². The lowest BCUT2D eigenvalue weighted by atomic mass is 10.3. The summed E-state index contributed by atoms with van der Waals surface area (Å²) >= 11 is 1.44. The van der Waals surface area contributed by atoms with E-state index >= 15 is 0 Å². The van der Waals surface area contributed by atoms with E-state index in [1.807, 2.05) is 6.26 Å². The van der Waals surface area contributed by atoms with Gasteiger partial charge in [0.1, 0.15) is 0 Å². The molecule has 0 fully saturated rings. The molecule has 5 nitrogen and oxygen atoms in total. The molecule has 0 aromatic carbocycles. The molecule has 3 N–H and O–H groups in total. The minimum Gasteiger partial charge on any atom is -0.409 e. The lowest BCUT2D eigenvalue weighted by Gasteiger charge is -2.23. The highest BCUT2D eigenvalue weighted by molar-refractivity contribution is 7.99. The second-order valence-electron chi connectivity index (χ2n) is 2.64. The molecule has 0 saturated heterocycles. The Labute approximate surface area is 82.0 Å². The van der Waals surface area contributed by atoms with E-state index in [-0.39, 0.29) is 17.8 Å². The average molecular weight is 205 g/mol. The van der Waals surface area contributed by atoms with Gasteiger partial charge in [-0.25, -0.2) is 0 Å². The molecular weight excluding hydrogens is 190 g/mol. The minimum atomic E-state index is -0.371. The third-order valence-corrected chi connectivity index (χ3v) is 2.32. The Bertz CT molecular complexity index is 208. The number of hydrogen-bond donors (Lipinski definition) is 2. The number of oxime groups is 1. The summed E-state index contributed by atoms with van der Waals surface area (Å²) in [6.45, 7) is 1.70. The Morgan fingerprint density at radius 1 is 1.77 bits per heavy atom. The number of rotatable bonds is 4. The van der Waals surface area contributed by atoms with Crippen molar-refractivity contribution in [1.82, 2.24) is 4.90 Å². The van der Waals surface area contributed by atoms with Crippen LogP contribution in [0.1, 0.15) is 6.92 Å². The fourth-order valence-corrected chi connectivity index (χ4v) is 1.17. The van der Waals surface area contributed by atoms with Crippen molar-refractivity contribution in [3.05, 3.63) is 0 Å². The summed E-state index contributed by atoms with van der Waals surface area (Å²) in [5.74, 6) is 0.406. The van der Waals surface area contributed by atoms with E-state index in [0.717, 1.165) is 0 Å². The number of likely N-dealkylation sites (N-methyl/N-ethyl adjacent to an activating group) is 1. The molecule has 1 unspecified atom stereocenters. The van der Waals surface area contributed by atoms with E-state index in [1.165, 1.54) is 16.7 Å². The maximum absolute atomic E-state index is 11.3. The topological polar surface area (TPSA) is 78.9 Å². The fourth-order valence-electron chi connectivity index (χ4n) is 0.723. The van der Waals surface area contributed by atoms with E-state index in [2.05, 4.69) is 5.16 Å². The van der Waals surface area contributed by atoms with E-state index in [0.29, 0.717) is 5.75 Å². The molecule has 76 valence electrons. The van der Waals surface area contributed by atoms with Gasteiger partial charge in [-0.3, -0.25) is 4.79 Å². The molecule has 0 radical (unpaired) electrons. The van der Waals surface area contributed by atoms with E-state index < -0.39 is 0 Å². The van der Waals surface area contributed by atoms with Gasteiger partial charge in [0, 0.05) is 7.05 Å². The van der Waals surface area contributed by atoms with Gasteiger partial charge in [-0.2, -0.15) is 11.8 Å². The molecule has 0 saturated carbocycles. The monoisotopic (exact) mass is 205 g/mol. The summed E-state index contributed by atoms with van der Waals surface area (Å²) in [5, 5.41) is 11.2. The minimum absolute atomic E-state index is 0.0356. The van der Waals surface area contributed by atoms with Crippen molar-refractivity contribution >= 4 is 23.5 Å². The maximum Gasteiger partial charge on any atom is 0.232 e. The number of amides is 1. The molecule has 0 spiro atoms. The quantitative estimate of drug-likeness (QED) is 0.292. The third kappa shape index (κ3) is 3.54. The fraction of sp³-hybridized carbons (Fsp3) is 0.714. The Morgan fingerprint density at radius 2 is 2.31 bits per heavy atom. The highest BCUT2D eigenvalue weighted by Gasteiger charge is 2.18. The van der Waals surface area contributed by atoms with Gasteiger partial charge in [-0.15, -0.1) is 0 Å². The molecule has 0 aliphatic carbocycles. The number of nitrogens with two attached hydrogens (primary N) is 1. The average Bonchev–Trinajstić information content (AvgIpc) is 2.14. The van der Waals surface area contributed by atoms with Crippen LogP contribution >= 0.6 is 11.8 Å². The molecule has 0 rings (SSSR count). The SMILES string of the molecule is CSCC(=O)N(C)C(C)C(N)=NO. The van der Waals surface area contributed by atoms with Crippen molar-refractivity contribution in [3.63, 3.8) is 0 Å². The Morgan fingerprint density at radius 3 is 2.69 bits per heavy atom. The molecular formula is C7H15N3O2S. The van der Waals surface area contributed by atoms with E-state index in [4.69, 9.17) is 10.9 Å². The van der Waals surface area contributed by atoms with Crippen LogP contribution in [0, 0.1) is 0 Å². The van der Waals surface area contributed by atoms with Gasteiger partial charge >= 0.3 is 0 Å². The summed E-state index contributed by atoms with van der Waals surface area (Å²) in [5.41, 5.74) is 5.35. The maximum atomic E-state index is 11.3. The van der Waals surface area contributed by atoms with Crippen molar-refractivity contribution in [2.45, 2.75) is 13.0 Å². The van der Waals surface area contributed by atoms with Crippen LogP contribution in [0.5, 0.6) is 0 Å². The first-order valence-electron chi connectivity index (χ1n) is 3.76. The summed E-state index contributed by atoms with van der Waals surface area (Å²) in [4.78, 5) is 12.8. The number of amidine groups is 1. The van der Waals surface area contributed by atoms with Crippen LogP contribution < -0.4 is 5.73 Å². The molecule has 6 heteroatoms. The number of hydrogen-bond acceptors (Lipinski definition) is 4. The van der Waals surface area contributed by atoms with Crippen molar-refractivity contribution in [2.24, 2.45) is 10.9 Å². The van der Waals surface area contributed by atoms with Gasteiger partial charge in [0.05, 0.1) is 11.8 Å². The number of carbonyl (C=O) groups is 1. The molecule has 0 aromatic heterocycles. The zero-order valence-electron chi connectivity index (χ0n) is 8.02. The van der Waals surface area contributed by atoms with Gasteiger partial charge in [-0.1, -0.05) is 5.16 Å². The predicted octanol–water partition coefficient (Wildman–Crippen LogP) is -0.0573. The normalized spacial score (nSPS) is 13.9. The molecule has 0 aliphatic rings. The first-order valence-corrected chi connectivity index (χ1v) is 5.16. The predicted molar refractivity (Wildman–Crippen MR) is 54.0 cm³/mol. The lowest BCUT2D eigenvalue weighted by molar-refractivity contribution is -0.127. The van der Waals surface area contributed by atoms with Gasteiger partial charge in [-0.05, 0) is 13.2 Å². The van der Waals surface area contributed by atoms with Crippen molar-refractivity contribution < 1.29 is 10.0 Å². The summed E-state index contributed by atoms with van der Waals surface area (Å²) in [6, 6.07) is -0.371. The van der Waals surface area contributed by atoms with Crippen LogP contribution in [0.25, 0.3) is 0 Å². The highest BCUT2D eigenvalue weighted by Crippen LogP contribution is 2.00. The molecule has 0 aliphatic heterocycles. The second kappa shape index (κ2) is 5.69. The molecule has 0 bridgehead atoms. The molecule has 1 amide bonds. The molecule has 1 atom stereocenters. The Kier molecular flexibility index (Phi) is 5.29.